The number of rotatable bonds is 2. The standard InChI is InChI=1S/C28H16N8O/c1-3-11-19-17(9-1)29-26-33(19)21-13-5-7-15-23(21)35(26)25-31-28(37-32-25)36-24-16-8-6-14-22(24)34-20-12-4-2-10-18(20)30-27(34)36/h1-16H. The Morgan fingerprint density at radius 1 is 0.459 bits per heavy atom. The van der Waals surface area contributed by atoms with E-state index in [0.717, 1.165) is 49.9 Å². The van der Waals surface area contributed by atoms with E-state index in [4.69, 9.17) is 19.5 Å². The highest BCUT2D eigenvalue weighted by atomic mass is 16.5. The highest BCUT2D eigenvalue weighted by Crippen LogP contribution is 2.31. The zero-order valence-corrected chi connectivity index (χ0v) is 19.2. The summed E-state index contributed by atoms with van der Waals surface area (Å²) in [6.45, 7) is 0. The van der Waals surface area contributed by atoms with Crippen molar-refractivity contribution in [3.63, 3.8) is 0 Å². The summed E-state index contributed by atoms with van der Waals surface area (Å²) >= 11 is 0. The van der Waals surface area contributed by atoms with E-state index in [1.54, 1.807) is 0 Å². The lowest BCUT2D eigenvalue weighted by molar-refractivity contribution is 0.404. The van der Waals surface area contributed by atoms with E-state index in [1.165, 1.54) is 0 Å². The SMILES string of the molecule is c1ccc2c(c1)nc1n(-c3noc(-n4c5ccccc5n5c6ccccc6nc45)n3)c3ccccc3n21. The summed E-state index contributed by atoms with van der Waals surface area (Å²) in [7, 11) is 0. The molecule has 0 aliphatic rings. The molecule has 0 spiro atoms. The van der Waals surface area contributed by atoms with Gasteiger partial charge in [0.25, 0.3) is 5.95 Å². The number of aromatic nitrogens is 8. The van der Waals surface area contributed by atoms with E-state index in [-0.39, 0.29) is 0 Å². The Bertz CT molecular complexity index is 2160. The number of fused-ring (bicyclic) bond motifs is 10. The van der Waals surface area contributed by atoms with Gasteiger partial charge in [0.2, 0.25) is 11.6 Å². The molecule has 0 saturated heterocycles. The van der Waals surface area contributed by atoms with Crippen molar-refractivity contribution in [2.24, 2.45) is 0 Å². The third-order valence-corrected chi connectivity index (χ3v) is 7.01. The molecule has 9 aromatic rings. The van der Waals surface area contributed by atoms with Crippen molar-refractivity contribution < 1.29 is 4.52 Å². The van der Waals surface area contributed by atoms with E-state index in [2.05, 4.69) is 38.2 Å². The summed E-state index contributed by atoms with van der Waals surface area (Å²) < 4.78 is 14.0. The van der Waals surface area contributed by atoms with Crippen molar-refractivity contribution >= 4 is 55.7 Å². The van der Waals surface area contributed by atoms with Gasteiger partial charge in [0.05, 0.1) is 44.1 Å². The quantitative estimate of drug-likeness (QED) is 0.324. The van der Waals surface area contributed by atoms with Crippen LogP contribution < -0.4 is 0 Å². The van der Waals surface area contributed by atoms with E-state index in [9.17, 15) is 0 Å². The number of benzene rings is 4. The van der Waals surface area contributed by atoms with Gasteiger partial charge in [0.1, 0.15) is 0 Å². The average molecular weight is 480 g/mol. The van der Waals surface area contributed by atoms with Gasteiger partial charge in [-0.15, -0.1) is 0 Å². The monoisotopic (exact) mass is 480 g/mol. The summed E-state index contributed by atoms with van der Waals surface area (Å²) in [5.74, 6) is 1.85. The lowest BCUT2D eigenvalue weighted by Gasteiger charge is -1.98. The van der Waals surface area contributed by atoms with Gasteiger partial charge in [0, 0.05) is 0 Å². The Morgan fingerprint density at radius 3 is 1.51 bits per heavy atom. The molecule has 9 rings (SSSR count). The zero-order chi connectivity index (χ0) is 24.1. The first-order valence-corrected chi connectivity index (χ1v) is 11.9. The molecule has 0 aliphatic heterocycles. The molecule has 9 heteroatoms. The Hall–Kier alpha value is -5.44. The second-order valence-electron chi connectivity index (χ2n) is 9.00. The van der Waals surface area contributed by atoms with Gasteiger partial charge in [-0.3, -0.25) is 8.80 Å². The Labute approximate surface area is 207 Å². The molecule has 0 N–H and O–H groups in total. The van der Waals surface area contributed by atoms with Crippen LogP contribution in [0.15, 0.2) is 102 Å². The van der Waals surface area contributed by atoms with Crippen LogP contribution in [0.1, 0.15) is 0 Å². The van der Waals surface area contributed by atoms with Gasteiger partial charge in [-0.2, -0.15) is 4.98 Å². The summed E-state index contributed by atoms with van der Waals surface area (Å²) in [6.07, 6.45) is 0. The van der Waals surface area contributed by atoms with Gasteiger partial charge in [0.15, 0.2) is 0 Å². The molecule has 37 heavy (non-hydrogen) atoms. The smallest absolute Gasteiger partial charge is 0.312 e. The average Bonchev–Trinajstić information content (AvgIpc) is 3.73. The van der Waals surface area contributed by atoms with Gasteiger partial charge >= 0.3 is 6.01 Å². The minimum absolute atomic E-state index is 0.337. The van der Waals surface area contributed by atoms with Crippen LogP contribution in [0.4, 0.5) is 0 Å². The second-order valence-corrected chi connectivity index (χ2v) is 9.00. The first-order chi connectivity index (χ1) is 18.4. The number of hydrogen-bond acceptors (Lipinski definition) is 5. The molecule has 0 radical (unpaired) electrons. The van der Waals surface area contributed by atoms with E-state index >= 15 is 0 Å². The van der Waals surface area contributed by atoms with Crippen LogP contribution in [0, 0.1) is 0 Å². The lowest BCUT2D eigenvalue weighted by atomic mass is 10.3. The van der Waals surface area contributed by atoms with Crippen molar-refractivity contribution in [2.75, 3.05) is 0 Å². The Morgan fingerprint density at radius 2 is 0.919 bits per heavy atom. The van der Waals surface area contributed by atoms with E-state index in [0.29, 0.717) is 17.7 Å². The van der Waals surface area contributed by atoms with Crippen molar-refractivity contribution in [3.8, 4) is 12.0 Å². The summed E-state index contributed by atoms with van der Waals surface area (Å²) in [6, 6.07) is 32.8. The summed E-state index contributed by atoms with van der Waals surface area (Å²) in [5, 5.41) is 4.42. The third kappa shape index (κ3) is 2.32. The normalized spacial score (nSPS) is 12.3. The molecule has 174 valence electrons. The number of para-hydroxylation sites is 8. The van der Waals surface area contributed by atoms with Gasteiger partial charge in [-0.25, -0.2) is 19.1 Å². The zero-order valence-electron chi connectivity index (χ0n) is 19.2. The molecule has 0 saturated carbocycles. The summed E-state index contributed by atoms with van der Waals surface area (Å²) in [4.78, 5) is 14.7. The second kappa shape index (κ2) is 6.61. The molecule has 0 unspecified atom stereocenters. The Balaban J connectivity index is 1.35. The van der Waals surface area contributed by atoms with E-state index < -0.39 is 0 Å². The van der Waals surface area contributed by atoms with Gasteiger partial charge < -0.3 is 4.52 Å². The molecule has 0 fully saturated rings. The topological polar surface area (TPSA) is 83.4 Å². The molecule has 0 atom stereocenters. The maximum absolute atomic E-state index is 5.91. The minimum Gasteiger partial charge on any atom is -0.312 e. The molecule has 4 aromatic carbocycles. The highest BCUT2D eigenvalue weighted by Gasteiger charge is 2.23. The fourth-order valence-electron chi connectivity index (χ4n) is 5.48. The van der Waals surface area contributed by atoms with Crippen LogP contribution >= 0.6 is 0 Å². The minimum atomic E-state index is 0.337. The van der Waals surface area contributed by atoms with E-state index in [1.807, 2.05) is 81.9 Å². The van der Waals surface area contributed by atoms with Crippen LogP contribution in [0.25, 0.3) is 67.7 Å². The predicted octanol–water partition coefficient (Wildman–Crippen LogP) is 5.56. The number of imidazole rings is 4. The van der Waals surface area contributed by atoms with Crippen LogP contribution in [0.2, 0.25) is 0 Å². The molecule has 5 heterocycles. The van der Waals surface area contributed by atoms with Crippen LogP contribution in [0.3, 0.4) is 0 Å². The maximum Gasteiger partial charge on any atom is 0.337 e. The predicted molar refractivity (Wildman–Crippen MR) is 140 cm³/mol. The van der Waals surface area contributed by atoms with Crippen molar-refractivity contribution in [2.45, 2.75) is 0 Å². The van der Waals surface area contributed by atoms with Crippen LogP contribution in [-0.4, -0.2) is 38.0 Å². The first-order valence-electron chi connectivity index (χ1n) is 11.9. The number of nitrogens with zero attached hydrogens (tertiary/aromatic N) is 8. The fourth-order valence-corrected chi connectivity index (χ4v) is 5.48. The molecular weight excluding hydrogens is 464 g/mol. The molecule has 5 aromatic heterocycles. The third-order valence-electron chi connectivity index (χ3n) is 7.01. The lowest BCUT2D eigenvalue weighted by Crippen LogP contribution is -1.99. The van der Waals surface area contributed by atoms with Crippen LogP contribution in [-0.2, 0) is 0 Å². The molecular formula is C28H16N8O. The molecule has 9 nitrogen and oxygen atoms in total. The van der Waals surface area contributed by atoms with Gasteiger partial charge in [-0.05, 0) is 53.7 Å². The fraction of sp³-hybridized carbons (Fsp3) is 0. The van der Waals surface area contributed by atoms with Crippen molar-refractivity contribution in [1.82, 2.24) is 38.0 Å². The summed E-state index contributed by atoms with van der Waals surface area (Å²) in [5.41, 5.74) is 7.76. The Kier molecular flexibility index (Phi) is 3.36. The van der Waals surface area contributed by atoms with Crippen LogP contribution in [0.5, 0.6) is 0 Å². The molecule has 0 bridgehead atoms. The molecule has 0 amide bonds. The van der Waals surface area contributed by atoms with Gasteiger partial charge in [-0.1, -0.05) is 48.5 Å². The largest absolute Gasteiger partial charge is 0.337 e. The highest BCUT2D eigenvalue weighted by molar-refractivity contribution is 5.93. The number of hydrogen-bond donors (Lipinski definition) is 0. The maximum atomic E-state index is 5.91. The van der Waals surface area contributed by atoms with Crippen molar-refractivity contribution in [3.05, 3.63) is 97.1 Å². The molecule has 0 aliphatic carbocycles. The first kappa shape index (κ1) is 18.8. The van der Waals surface area contributed by atoms with Crippen molar-refractivity contribution in [1.29, 1.82) is 0 Å².